The molecule has 184 valence electrons. The van der Waals surface area contributed by atoms with Gasteiger partial charge in [0.05, 0.1) is 10.0 Å². The summed E-state index contributed by atoms with van der Waals surface area (Å²) in [5.41, 5.74) is 2.95. The number of rotatable bonds is 7. The first-order valence-corrected chi connectivity index (χ1v) is 12.3. The number of urea groups is 1. The second kappa shape index (κ2) is 11.2. The van der Waals surface area contributed by atoms with Gasteiger partial charge in [-0.1, -0.05) is 57.3 Å². The molecule has 36 heavy (non-hydrogen) atoms. The van der Waals surface area contributed by atoms with Gasteiger partial charge in [-0.2, -0.15) is 0 Å². The fourth-order valence-electron chi connectivity index (χ4n) is 3.49. The van der Waals surface area contributed by atoms with E-state index in [0.717, 1.165) is 20.5 Å². The van der Waals surface area contributed by atoms with Gasteiger partial charge in [0.25, 0.3) is 5.91 Å². The molecule has 4 amide bonds. The third-order valence-electron chi connectivity index (χ3n) is 5.22. The Morgan fingerprint density at radius 1 is 1.08 bits per heavy atom. The van der Waals surface area contributed by atoms with Crippen LogP contribution in [0.1, 0.15) is 16.7 Å². The minimum atomic E-state index is -0.682. The van der Waals surface area contributed by atoms with Crippen molar-refractivity contribution in [2.75, 3.05) is 11.9 Å². The lowest BCUT2D eigenvalue weighted by atomic mass is 10.1. The van der Waals surface area contributed by atoms with Crippen molar-refractivity contribution in [1.82, 2.24) is 10.2 Å². The molecular weight excluding hydrogens is 569 g/mol. The molecule has 0 spiro atoms. The van der Waals surface area contributed by atoms with Crippen molar-refractivity contribution < 1.29 is 19.1 Å². The van der Waals surface area contributed by atoms with E-state index in [0.29, 0.717) is 27.0 Å². The lowest BCUT2D eigenvalue weighted by Crippen LogP contribution is -2.38. The van der Waals surface area contributed by atoms with E-state index in [9.17, 15) is 14.4 Å². The number of aryl methyl sites for hydroxylation is 1. The third-order valence-corrected chi connectivity index (χ3v) is 6.45. The van der Waals surface area contributed by atoms with Gasteiger partial charge in [0.1, 0.15) is 24.6 Å². The maximum atomic E-state index is 12.9. The average molecular weight is 589 g/mol. The molecular formula is C26H20BrCl2N3O4. The quantitative estimate of drug-likeness (QED) is 0.255. The van der Waals surface area contributed by atoms with E-state index in [-0.39, 0.29) is 12.3 Å². The molecule has 0 atom stereocenters. The fourth-order valence-corrected chi connectivity index (χ4v) is 4.19. The van der Waals surface area contributed by atoms with Crippen LogP contribution in [0.15, 0.2) is 70.8 Å². The molecule has 1 saturated heterocycles. The highest BCUT2D eigenvalue weighted by Crippen LogP contribution is 2.28. The molecule has 10 heteroatoms. The normalized spacial score (nSPS) is 14.2. The van der Waals surface area contributed by atoms with Gasteiger partial charge in [-0.15, -0.1) is 0 Å². The van der Waals surface area contributed by atoms with Crippen LogP contribution in [-0.4, -0.2) is 29.3 Å². The Morgan fingerprint density at radius 3 is 2.64 bits per heavy atom. The SMILES string of the molecule is Cc1cccc(NC(=O)CN2C(=O)N/C(=C/c3cc(Br)ccc3OCc3ccc(Cl)c(Cl)c3)C2=O)c1. The minimum absolute atomic E-state index is 0.0286. The van der Waals surface area contributed by atoms with Crippen LogP contribution < -0.4 is 15.4 Å². The maximum absolute atomic E-state index is 12.9. The molecule has 0 aliphatic carbocycles. The Kier molecular flexibility index (Phi) is 7.98. The van der Waals surface area contributed by atoms with Crippen LogP contribution in [0.3, 0.4) is 0 Å². The number of nitrogens with one attached hydrogen (secondary N) is 2. The van der Waals surface area contributed by atoms with Crippen LogP contribution in [0.4, 0.5) is 10.5 Å². The average Bonchev–Trinajstić information content (AvgIpc) is 3.08. The van der Waals surface area contributed by atoms with E-state index in [4.69, 9.17) is 27.9 Å². The van der Waals surface area contributed by atoms with Crippen molar-refractivity contribution in [2.45, 2.75) is 13.5 Å². The van der Waals surface area contributed by atoms with Gasteiger partial charge in [-0.05, 0) is 66.6 Å². The first kappa shape index (κ1) is 25.8. The predicted octanol–water partition coefficient (Wildman–Crippen LogP) is 6.17. The highest BCUT2D eigenvalue weighted by atomic mass is 79.9. The number of nitrogens with zero attached hydrogens (tertiary/aromatic N) is 1. The monoisotopic (exact) mass is 587 g/mol. The maximum Gasteiger partial charge on any atom is 0.329 e. The number of imide groups is 1. The van der Waals surface area contributed by atoms with Crippen LogP contribution in [-0.2, 0) is 16.2 Å². The van der Waals surface area contributed by atoms with E-state index in [2.05, 4.69) is 26.6 Å². The van der Waals surface area contributed by atoms with Crippen LogP contribution >= 0.6 is 39.1 Å². The highest BCUT2D eigenvalue weighted by molar-refractivity contribution is 9.10. The van der Waals surface area contributed by atoms with Gasteiger partial charge in [-0.25, -0.2) is 9.69 Å². The standard InChI is InChI=1S/C26H20BrCl2N3O4/c1-15-3-2-4-19(9-15)30-24(33)13-32-25(34)22(31-26(32)35)12-17-11-18(27)6-8-23(17)36-14-16-5-7-20(28)21(29)10-16/h2-12H,13-14H2,1H3,(H,30,33)(H,31,35)/b22-12+. The number of anilines is 1. The second-order valence-corrected chi connectivity index (χ2v) is 9.75. The van der Waals surface area contributed by atoms with Crippen molar-refractivity contribution >= 4 is 68.7 Å². The first-order valence-electron chi connectivity index (χ1n) is 10.8. The Labute approximate surface area is 226 Å². The van der Waals surface area contributed by atoms with Gasteiger partial charge < -0.3 is 15.4 Å². The summed E-state index contributed by atoms with van der Waals surface area (Å²) in [5.74, 6) is -0.622. The van der Waals surface area contributed by atoms with Crippen molar-refractivity contribution in [3.8, 4) is 5.75 Å². The summed E-state index contributed by atoms with van der Waals surface area (Å²) >= 11 is 15.5. The van der Waals surface area contributed by atoms with Crippen LogP contribution in [0, 0.1) is 6.92 Å². The van der Waals surface area contributed by atoms with Gasteiger partial charge in [0, 0.05) is 15.7 Å². The Morgan fingerprint density at radius 2 is 1.89 bits per heavy atom. The summed E-state index contributed by atoms with van der Waals surface area (Å²) in [5, 5.41) is 6.09. The van der Waals surface area contributed by atoms with Crippen molar-refractivity contribution in [1.29, 1.82) is 0 Å². The molecule has 1 fully saturated rings. The van der Waals surface area contributed by atoms with Crippen LogP contribution in [0.25, 0.3) is 6.08 Å². The molecule has 0 aromatic heterocycles. The number of amides is 4. The zero-order valence-corrected chi connectivity index (χ0v) is 22.1. The molecule has 3 aromatic rings. The number of benzene rings is 3. The summed E-state index contributed by atoms with van der Waals surface area (Å²) < 4.78 is 6.70. The van der Waals surface area contributed by atoms with Crippen molar-refractivity contribution in [3.63, 3.8) is 0 Å². The zero-order valence-electron chi connectivity index (χ0n) is 19.0. The largest absolute Gasteiger partial charge is 0.488 e. The molecule has 4 rings (SSSR count). The van der Waals surface area contributed by atoms with Gasteiger partial charge in [-0.3, -0.25) is 9.59 Å². The van der Waals surface area contributed by atoms with Gasteiger partial charge in [0.2, 0.25) is 5.91 Å². The van der Waals surface area contributed by atoms with Gasteiger partial charge >= 0.3 is 6.03 Å². The van der Waals surface area contributed by atoms with E-state index in [1.807, 2.05) is 13.0 Å². The van der Waals surface area contributed by atoms with E-state index >= 15 is 0 Å². The van der Waals surface area contributed by atoms with Gasteiger partial charge in [0.15, 0.2) is 0 Å². The van der Waals surface area contributed by atoms with Crippen LogP contribution in [0.2, 0.25) is 10.0 Å². The Balaban J connectivity index is 1.48. The molecule has 0 saturated carbocycles. The highest BCUT2D eigenvalue weighted by Gasteiger charge is 2.35. The molecule has 1 aliphatic rings. The fraction of sp³-hybridized carbons (Fsp3) is 0.115. The second-order valence-electron chi connectivity index (χ2n) is 8.02. The smallest absolute Gasteiger partial charge is 0.329 e. The molecule has 7 nitrogen and oxygen atoms in total. The molecule has 2 N–H and O–H groups in total. The summed E-state index contributed by atoms with van der Waals surface area (Å²) in [6.07, 6.45) is 1.51. The predicted molar refractivity (Wildman–Crippen MR) is 143 cm³/mol. The van der Waals surface area contributed by atoms with E-state index in [1.54, 1.807) is 54.6 Å². The van der Waals surface area contributed by atoms with Crippen LogP contribution in [0.5, 0.6) is 5.75 Å². The summed E-state index contributed by atoms with van der Waals surface area (Å²) in [6.45, 7) is 1.68. The van der Waals surface area contributed by atoms with E-state index < -0.39 is 24.4 Å². The number of ether oxygens (including phenoxy) is 1. The molecule has 0 bridgehead atoms. The first-order chi connectivity index (χ1) is 17.2. The minimum Gasteiger partial charge on any atom is -0.488 e. The Hall–Kier alpha value is -3.33. The third kappa shape index (κ3) is 6.26. The summed E-state index contributed by atoms with van der Waals surface area (Å²) in [7, 11) is 0. The lowest BCUT2D eigenvalue weighted by Gasteiger charge is -2.12. The topological polar surface area (TPSA) is 87.7 Å². The van der Waals surface area contributed by atoms with Crippen molar-refractivity contribution in [3.05, 3.63) is 97.6 Å². The molecule has 0 radical (unpaired) electrons. The number of hydrogen-bond donors (Lipinski definition) is 2. The number of carbonyl (C=O) groups excluding carboxylic acids is 3. The molecule has 1 heterocycles. The zero-order chi connectivity index (χ0) is 25.8. The van der Waals surface area contributed by atoms with Crippen molar-refractivity contribution in [2.24, 2.45) is 0 Å². The molecule has 1 aliphatic heterocycles. The number of halogens is 3. The number of hydrogen-bond acceptors (Lipinski definition) is 4. The molecule has 0 unspecified atom stereocenters. The Bertz CT molecular complexity index is 1390. The van der Waals surface area contributed by atoms with E-state index in [1.165, 1.54) is 6.08 Å². The summed E-state index contributed by atoms with van der Waals surface area (Å²) in [6, 6.07) is 17.0. The number of carbonyl (C=O) groups is 3. The lowest BCUT2D eigenvalue weighted by molar-refractivity contribution is -0.127. The molecule has 3 aromatic carbocycles. The summed E-state index contributed by atoms with van der Waals surface area (Å²) in [4.78, 5) is 38.7.